The van der Waals surface area contributed by atoms with Gasteiger partial charge in [0.05, 0.1) is 6.04 Å². The molecule has 0 amide bonds. The van der Waals surface area contributed by atoms with E-state index in [0.717, 1.165) is 23.5 Å². The molecular formula is C19H27NO. The van der Waals surface area contributed by atoms with E-state index in [1.165, 1.54) is 31.2 Å². The number of nitrogens with one attached hydrogen (secondary N) is 1. The van der Waals surface area contributed by atoms with Crippen molar-refractivity contribution in [2.45, 2.75) is 64.1 Å². The van der Waals surface area contributed by atoms with Crippen LogP contribution in [0.5, 0.6) is 5.75 Å². The van der Waals surface area contributed by atoms with Crippen LogP contribution in [0.1, 0.15) is 58.1 Å². The van der Waals surface area contributed by atoms with Crippen molar-refractivity contribution in [3.63, 3.8) is 0 Å². The third kappa shape index (κ3) is 2.19. The zero-order valence-electron chi connectivity index (χ0n) is 13.4. The van der Waals surface area contributed by atoms with Crippen LogP contribution in [0.3, 0.4) is 0 Å². The zero-order valence-corrected chi connectivity index (χ0v) is 13.4. The van der Waals surface area contributed by atoms with Crippen LogP contribution in [0, 0.1) is 17.8 Å². The summed E-state index contributed by atoms with van der Waals surface area (Å²) < 4.78 is 6.17. The number of hydrogen-bond acceptors (Lipinski definition) is 2. The smallest absolute Gasteiger partial charge is 0.125 e. The highest BCUT2D eigenvalue weighted by Crippen LogP contribution is 2.50. The molecule has 3 aliphatic rings. The third-order valence-corrected chi connectivity index (χ3v) is 6.16. The lowest BCUT2D eigenvalue weighted by atomic mass is 9.82. The van der Waals surface area contributed by atoms with E-state index in [1.807, 2.05) is 0 Å². The Kier molecular flexibility index (Phi) is 3.08. The Labute approximate surface area is 128 Å². The molecule has 1 aromatic carbocycles. The van der Waals surface area contributed by atoms with Gasteiger partial charge in [-0.2, -0.15) is 0 Å². The minimum absolute atomic E-state index is 0.157. The summed E-state index contributed by atoms with van der Waals surface area (Å²) >= 11 is 0. The summed E-state index contributed by atoms with van der Waals surface area (Å²) in [5, 5.41) is 3.93. The van der Waals surface area contributed by atoms with Crippen molar-refractivity contribution in [1.82, 2.24) is 5.32 Å². The highest BCUT2D eigenvalue weighted by Gasteiger charge is 2.45. The SMILES string of the molecule is CC(NC1c2ccccc2OC1(C)C)C1CC2CCC1C2. The number of fused-ring (bicyclic) bond motifs is 3. The first-order valence-corrected chi connectivity index (χ1v) is 8.58. The summed E-state index contributed by atoms with van der Waals surface area (Å²) in [6.45, 7) is 6.80. The number of rotatable bonds is 3. The molecule has 0 saturated heterocycles. The zero-order chi connectivity index (χ0) is 14.6. The van der Waals surface area contributed by atoms with Gasteiger partial charge in [-0.3, -0.25) is 0 Å². The van der Waals surface area contributed by atoms with Gasteiger partial charge in [0.2, 0.25) is 0 Å². The van der Waals surface area contributed by atoms with Crippen LogP contribution in [-0.2, 0) is 0 Å². The van der Waals surface area contributed by atoms with Crippen LogP contribution in [0.15, 0.2) is 24.3 Å². The summed E-state index contributed by atoms with van der Waals surface area (Å²) in [6.07, 6.45) is 5.86. The van der Waals surface area contributed by atoms with Gasteiger partial charge < -0.3 is 10.1 Å². The van der Waals surface area contributed by atoms with Crippen LogP contribution in [0.4, 0.5) is 0 Å². The Morgan fingerprint density at radius 1 is 1.19 bits per heavy atom. The van der Waals surface area contributed by atoms with E-state index >= 15 is 0 Å². The molecule has 114 valence electrons. The molecule has 0 spiro atoms. The summed E-state index contributed by atoms with van der Waals surface area (Å²) in [5.41, 5.74) is 1.17. The van der Waals surface area contributed by atoms with Gasteiger partial charge >= 0.3 is 0 Å². The predicted octanol–water partition coefficient (Wildman–Crippen LogP) is 4.31. The van der Waals surface area contributed by atoms with Crippen LogP contribution in [0.2, 0.25) is 0 Å². The summed E-state index contributed by atoms with van der Waals surface area (Å²) in [6, 6.07) is 9.40. The van der Waals surface area contributed by atoms with Gasteiger partial charge in [0.25, 0.3) is 0 Å². The van der Waals surface area contributed by atoms with Crippen molar-refractivity contribution >= 4 is 0 Å². The van der Waals surface area contributed by atoms with Gasteiger partial charge in [0.1, 0.15) is 11.4 Å². The van der Waals surface area contributed by atoms with Crippen LogP contribution >= 0.6 is 0 Å². The molecule has 0 radical (unpaired) electrons. The molecule has 1 N–H and O–H groups in total. The predicted molar refractivity (Wildman–Crippen MR) is 85.4 cm³/mol. The van der Waals surface area contributed by atoms with E-state index < -0.39 is 0 Å². The number of para-hydroxylation sites is 1. The normalized spacial score (nSPS) is 37.3. The Hall–Kier alpha value is -1.02. The van der Waals surface area contributed by atoms with Crippen molar-refractivity contribution < 1.29 is 4.74 Å². The van der Waals surface area contributed by atoms with E-state index in [1.54, 1.807) is 0 Å². The van der Waals surface area contributed by atoms with Gasteiger partial charge in [-0.05, 0) is 63.9 Å². The van der Waals surface area contributed by atoms with E-state index in [0.29, 0.717) is 12.1 Å². The first-order chi connectivity index (χ1) is 10.0. The van der Waals surface area contributed by atoms with Crippen LogP contribution in [0.25, 0.3) is 0 Å². The molecule has 21 heavy (non-hydrogen) atoms. The van der Waals surface area contributed by atoms with Crippen molar-refractivity contribution in [1.29, 1.82) is 0 Å². The molecule has 1 aliphatic heterocycles. The van der Waals surface area contributed by atoms with E-state index in [4.69, 9.17) is 4.74 Å². The van der Waals surface area contributed by atoms with Crippen molar-refractivity contribution in [3.8, 4) is 5.75 Å². The molecule has 2 nitrogen and oxygen atoms in total. The highest BCUT2D eigenvalue weighted by atomic mass is 16.5. The molecule has 4 rings (SSSR count). The lowest BCUT2D eigenvalue weighted by molar-refractivity contribution is 0.0838. The molecule has 0 aromatic heterocycles. The van der Waals surface area contributed by atoms with Gasteiger partial charge in [0.15, 0.2) is 0 Å². The minimum Gasteiger partial charge on any atom is -0.486 e. The fraction of sp³-hybridized carbons (Fsp3) is 0.684. The molecule has 1 heterocycles. The number of benzene rings is 1. The maximum absolute atomic E-state index is 6.17. The summed E-state index contributed by atoms with van der Waals surface area (Å²) in [7, 11) is 0. The average Bonchev–Trinajstić information content (AvgIpc) is 3.12. The van der Waals surface area contributed by atoms with Gasteiger partial charge in [-0.25, -0.2) is 0 Å². The lowest BCUT2D eigenvalue weighted by Gasteiger charge is -2.35. The van der Waals surface area contributed by atoms with Crippen molar-refractivity contribution in [3.05, 3.63) is 29.8 Å². The largest absolute Gasteiger partial charge is 0.486 e. The van der Waals surface area contributed by atoms with E-state index in [-0.39, 0.29) is 5.60 Å². The quantitative estimate of drug-likeness (QED) is 0.893. The van der Waals surface area contributed by atoms with Crippen LogP contribution in [-0.4, -0.2) is 11.6 Å². The van der Waals surface area contributed by atoms with Gasteiger partial charge in [0, 0.05) is 11.6 Å². The molecule has 2 fully saturated rings. The van der Waals surface area contributed by atoms with Crippen molar-refractivity contribution in [2.24, 2.45) is 17.8 Å². The second-order valence-electron chi connectivity index (χ2n) is 7.97. The molecule has 2 saturated carbocycles. The fourth-order valence-electron chi connectivity index (χ4n) is 5.11. The van der Waals surface area contributed by atoms with Crippen LogP contribution < -0.4 is 10.1 Å². The highest BCUT2D eigenvalue weighted by molar-refractivity contribution is 5.42. The Balaban J connectivity index is 1.53. The Bertz CT molecular complexity index is 538. The van der Waals surface area contributed by atoms with E-state index in [2.05, 4.69) is 50.4 Å². The topological polar surface area (TPSA) is 21.3 Å². The first-order valence-electron chi connectivity index (χ1n) is 8.58. The minimum atomic E-state index is -0.157. The Morgan fingerprint density at radius 3 is 2.71 bits per heavy atom. The van der Waals surface area contributed by atoms with Gasteiger partial charge in [-0.15, -0.1) is 0 Å². The van der Waals surface area contributed by atoms with E-state index in [9.17, 15) is 0 Å². The molecular weight excluding hydrogens is 258 g/mol. The number of hydrogen-bond donors (Lipinski definition) is 1. The maximum Gasteiger partial charge on any atom is 0.125 e. The standard InChI is InChI=1S/C19H27NO/c1-12(16-11-13-8-9-14(16)10-13)20-18-15-6-4-5-7-17(15)21-19(18,2)3/h4-7,12-14,16,18,20H,8-11H2,1-3H3. The molecule has 5 atom stereocenters. The van der Waals surface area contributed by atoms with Crippen molar-refractivity contribution in [2.75, 3.05) is 0 Å². The third-order valence-electron chi connectivity index (χ3n) is 6.16. The summed E-state index contributed by atoms with van der Waals surface area (Å²) in [5.74, 6) is 3.91. The molecule has 5 unspecified atom stereocenters. The molecule has 1 aromatic rings. The lowest BCUT2D eigenvalue weighted by Crippen LogP contribution is -2.46. The Morgan fingerprint density at radius 2 is 2.00 bits per heavy atom. The van der Waals surface area contributed by atoms with Gasteiger partial charge in [-0.1, -0.05) is 24.6 Å². The first kappa shape index (κ1) is 13.6. The molecule has 2 aliphatic carbocycles. The number of ether oxygens (including phenoxy) is 1. The fourth-order valence-corrected chi connectivity index (χ4v) is 5.11. The second kappa shape index (κ2) is 4.74. The summed E-state index contributed by atoms with van der Waals surface area (Å²) in [4.78, 5) is 0. The molecule has 2 bridgehead atoms. The average molecular weight is 285 g/mol. The molecule has 2 heteroatoms. The monoisotopic (exact) mass is 285 g/mol. The second-order valence-corrected chi connectivity index (χ2v) is 7.97. The maximum atomic E-state index is 6.17.